The third-order valence-electron chi connectivity index (χ3n) is 2.77. The van der Waals surface area contributed by atoms with E-state index >= 15 is 0 Å². The first-order valence-corrected chi connectivity index (χ1v) is 6.68. The molecule has 19 heavy (non-hydrogen) atoms. The molecule has 0 aliphatic carbocycles. The lowest BCUT2D eigenvalue weighted by Gasteiger charge is -2.23. The number of aromatic nitrogens is 1. The van der Waals surface area contributed by atoms with Crippen LogP contribution in [0, 0.1) is 11.3 Å². The average molecular weight is 342 g/mol. The lowest BCUT2D eigenvalue weighted by atomic mass is 10.2. The molecule has 8 heteroatoms. The van der Waals surface area contributed by atoms with Gasteiger partial charge in [-0.25, -0.2) is 4.98 Å². The van der Waals surface area contributed by atoms with Crippen LogP contribution in [-0.2, 0) is 0 Å². The molecule has 1 saturated heterocycles. The Bertz CT molecular complexity index is 492. The molecule has 1 aliphatic heterocycles. The van der Waals surface area contributed by atoms with Gasteiger partial charge in [-0.1, -0.05) is 34.8 Å². The fraction of sp³-hybridized carbons (Fsp3) is 0.455. The van der Waals surface area contributed by atoms with Crippen LogP contribution in [0.15, 0.2) is 0 Å². The minimum absolute atomic E-state index is 0. The zero-order chi connectivity index (χ0) is 13.1. The maximum Gasteiger partial charge on any atom is 0.151 e. The van der Waals surface area contributed by atoms with Gasteiger partial charge in [-0.15, -0.1) is 12.4 Å². The number of nitrogens with zero attached hydrogens (tertiary/aromatic N) is 3. The van der Waals surface area contributed by atoms with Crippen molar-refractivity contribution in [2.75, 3.05) is 31.1 Å². The summed E-state index contributed by atoms with van der Waals surface area (Å²) in [4.78, 5) is 6.21. The highest BCUT2D eigenvalue weighted by Crippen LogP contribution is 2.36. The SMILES string of the molecule is Cl.N#Cc1c(Cl)c(Cl)nc(N2CCCNCC2)c1Cl. The summed E-state index contributed by atoms with van der Waals surface area (Å²) in [5.41, 5.74) is 0.186. The van der Waals surface area contributed by atoms with E-state index in [1.54, 1.807) is 0 Å². The second-order valence-electron chi connectivity index (χ2n) is 3.93. The van der Waals surface area contributed by atoms with Crippen molar-refractivity contribution in [2.24, 2.45) is 0 Å². The lowest BCUT2D eigenvalue weighted by molar-refractivity contribution is 0.724. The zero-order valence-corrected chi connectivity index (χ0v) is 13.0. The van der Waals surface area contributed by atoms with Crippen LogP contribution in [-0.4, -0.2) is 31.2 Å². The van der Waals surface area contributed by atoms with Crippen LogP contribution in [0.4, 0.5) is 5.82 Å². The Morgan fingerprint density at radius 3 is 2.58 bits per heavy atom. The van der Waals surface area contributed by atoms with Crippen molar-refractivity contribution >= 4 is 53.0 Å². The highest BCUT2D eigenvalue weighted by molar-refractivity contribution is 6.44. The van der Waals surface area contributed by atoms with E-state index < -0.39 is 0 Å². The summed E-state index contributed by atoms with van der Waals surface area (Å²) in [6, 6.07) is 1.97. The Kier molecular flexibility index (Phi) is 6.45. The van der Waals surface area contributed by atoms with Gasteiger partial charge in [0.05, 0.1) is 10.6 Å². The fourth-order valence-corrected chi connectivity index (χ4v) is 2.57. The first-order valence-electron chi connectivity index (χ1n) is 5.55. The number of nitriles is 1. The van der Waals surface area contributed by atoms with Crippen molar-refractivity contribution in [1.29, 1.82) is 5.26 Å². The largest absolute Gasteiger partial charge is 0.354 e. The van der Waals surface area contributed by atoms with Crippen LogP contribution in [0.3, 0.4) is 0 Å². The molecule has 104 valence electrons. The minimum Gasteiger partial charge on any atom is -0.354 e. The number of halogens is 4. The van der Waals surface area contributed by atoms with E-state index in [1.807, 2.05) is 11.0 Å². The number of pyridine rings is 1. The molecular formula is C11H12Cl4N4. The van der Waals surface area contributed by atoms with E-state index in [0.29, 0.717) is 5.82 Å². The van der Waals surface area contributed by atoms with Gasteiger partial charge in [0.25, 0.3) is 0 Å². The zero-order valence-electron chi connectivity index (χ0n) is 9.92. The van der Waals surface area contributed by atoms with Crippen LogP contribution in [0.5, 0.6) is 0 Å². The highest BCUT2D eigenvalue weighted by Gasteiger charge is 2.21. The first kappa shape index (κ1) is 16.6. The maximum atomic E-state index is 9.07. The average Bonchev–Trinajstić information content (AvgIpc) is 2.63. The summed E-state index contributed by atoms with van der Waals surface area (Å²) < 4.78 is 0. The number of nitrogens with one attached hydrogen (secondary N) is 1. The van der Waals surface area contributed by atoms with Crippen LogP contribution >= 0.6 is 47.2 Å². The Morgan fingerprint density at radius 2 is 1.89 bits per heavy atom. The van der Waals surface area contributed by atoms with Crippen molar-refractivity contribution in [3.8, 4) is 6.07 Å². The number of anilines is 1. The molecule has 0 atom stereocenters. The maximum absolute atomic E-state index is 9.07. The van der Waals surface area contributed by atoms with Gasteiger partial charge in [0.1, 0.15) is 11.1 Å². The smallest absolute Gasteiger partial charge is 0.151 e. The van der Waals surface area contributed by atoms with Gasteiger partial charge in [-0.3, -0.25) is 0 Å². The molecule has 0 amide bonds. The van der Waals surface area contributed by atoms with E-state index in [0.717, 1.165) is 32.6 Å². The molecule has 0 unspecified atom stereocenters. The predicted octanol–water partition coefficient (Wildman–Crippen LogP) is 3.13. The summed E-state index contributed by atoms with van der Waals surface area (Å²) in [5.74, 6) is 0.534. The summed E-state index contributed by atoms with van der Waals surface area (Å²) in [6.45, 7) is 3.40. The lowest BCUT2D eigenvalue weighted by Crippen LogP contribution is -2.29. The predicted molar refractivity (Wildman–Crippen MR) is 80.9 cm³/mol. The van der Waals surface area contributed by atoms with Gasteiger partial charge in [-0.2, -0.15) is 5.26 Å². The fourth-order valence-electron chi connectivity index (χ4n) is 1.87. The number of hydrogen-bond donors (Lipinski definition) is 1. The van der Waals surface area contributed by atoms with Gasteiger partial charge in [0, 0.05) is 19.6 Å². The molecule has 1 aliphatic rings. The highest BCUT2D eigenvalue weighted by atomic mass is 35.5. The van der Waals surface area contributed by atoms with Gasteiger partial charge in [0.2, 0.25) is 0 Å². The van der Waals surface area contributed by atoms with Gasteiger partial charge in [-0.05, 0) is 13.0 Å². The van der Waals surface area contributed by atoms with E-state index in [9.17, 15) is 0 Å². The number of hydrogen-bond acceptors (Lipinski definition) is 4. The molecule has 0 spiro atoms. The van der Waals surface area contributed by atoms with Crippen molar-refractivity contribution < 1.29 is 0 Å². The van der Waals surface area contributed by atoms with Crippen LogP contribution in [0.25, 0.3) is 0 Å². The topological polar surface area (TPSA) is 52.0 Å². The Hall–Kier alpha value is -0.440. The van der Waals surface area contributed by atoms with E-state index in [1.165, 1.54) is 0 Å². The van der Waals surface area contributed by atoms with E-state index in [-0.39, 0.29) is 33.2 Å². The second-order valence-corrected chi connectivity index (χ2v) is 5.05. The molecule has 2 rings (SSSR count). The Morgan fingerprint density at radius 1 is 1.16 bits per heavy atom. The van der Waals surface area contributed by atoms with E-state index in [2.05, 4.69) is 10.3 Å². The summed E-state index contributed by atoms with van der Waals surface area (Å²) in [5, 5.41) is 12.8. The molecular weight excluding hydrogens is 330 g/mol. The van der Waals surface area contributed by atoms with Crippen LogP contribution in [0.2, 0.25) is 15.2 Å². The van der Waals surface area contributed by atoms with Crippen molar-refractivity contribution in [2.45, 2.75) is 6.42 Å². The standard InChI is InChI=1S/C11H11Cl3N4.ClH/c12-8-7(6-15)9(13)11(17-10(8)14)18-4-1-2-16-3-5-18;/h16H,1-5H2;1H. The summed E-state index contributed by atoms with van der Waals surface area (Å²) >= 11 is 18.0. The summed E-state index contributed by atoms with van der Waals surface area (Å²) in [7, 11) is 0. The second kappa shape index (κ2) is 7.37. The van der Waals surface area contributed by atoms with Crippen molar-refractivity contribution in [3.05, 3.63) is 20.8 Å². The van der Waals surface area contributed by atoms with Crippen molar-refractivity contribution in [3.63, 3.8) is 0 Å². The van der Waals surface area contributed by atoms with Crippen LogP contribution in [0.1, 0.15) is 12.0 Å². The molecule has 0 radical (unpaired) electrons. The third-order valence-corrected chi connectivity index (χ3v) is 3.87. The Balaban J connectivity index is 0.00000180. The third kappa shape index (κ3) is 3.56. The molecule has 1 aromatic heterocycles. The molecule has 1 fully saturated rings. The molecule has 2 heterocycles. The molecule has 1 N–H and O–H groups in total. The Labute approximate surface area is 133 Å². The minimum atomic E-state index is 0. The number of rotatable bonds is 1. The molecule has 4 nitrogen and oxygen atoms in total. The molecule has 1 aromatic rings. The quantitative estimate of drug-likeness (QED) is 0.797. The van der Waals surface area contributed by atoms with E-state index in [4.69, 9.17) is 40.1 Å². The van der Waals surface area contributed by atoms with Gasteiger partial charge in [0.15, 0.2) is 11.0 Å². The normalized spacial score (nSPS) is 15.4. The van der Waals surface area contributed by atoms with Crippen LogP contribution < -0.4 is 10.2 Å². The first-order chi connectivity index (χ1) is 8.65. The summed E-state index contributed by atoms with van der Waals surface area (Å²) in [6.07, 6.45) is 0.986. The molecule has 0 saturated carbocycles. The molecule has 0 aromatic carbocycles. The molecule has 0 bridgehead atoms. The van der Waals surface area contributed by atoms with Crippen molar-refractivity contribution in [1.82, 2.24) is 10.3 Å². The monoisotopic (exact) mass is 340 g/mol. The van der Waals surface area contributed by atoms with Gasteiger partial charge >= 0.3 is 0 Å². The van der Waals surface area contributed by atoms with Gasteiger partial charge < -0.3 is 10.2 Å².